The van der Waals surface area contributed by atoms with Crippen molar-refractivity contribution in [3.8, 4) is 0 Å². The van der Waals surface area contributed by atoms with E-state index in [1.54, 1.807) is 36.3 Å². The van der Waals surface area contributed by atoms with Gasteiger partial charge < -0.3 is 19.9 Å². The molecule has 2 rings (SSSR count). The predicted molar refractivity (Wildman–Crippen MR) is 86.0 cm³/mol. The molecule has 22 heavy (non-hydrogen) atoms. The average molecular weight is 323 g/mol. The highest BCUT2D eigenvalue weighted by Crippen LogP contribution is 2.22. The van der Waals surface area contributed by atoms with Gasteiger partial charge in [0.05, 0.1) is 18.7 Å². The summed E-state index contributed by atoms with van der Waals surface area (Å²) in [5, 5.41) is 12.7. The van der Waals surface area contributed by atoms with Crippen molar-refractivity contribution < 1.29 is 9.90 Å². The largest absolute Gasteiger partial charge is 0.395 e. The number of hydrogen-bond acceptors (Lipinski definition) is 4. The first-order chi connectivity index (χ1) is 10.6. The van der Waals surface area contributed by atoms with E-state index in [1.807, 2.05) is 17.8 Å². The van der Waals surface area contributed by atoms with Crippen molar-refractivity contribution in [2.75, 3.05) is 25.5 Å². The fourth-order valence-corrected chi connectivity index (χ4v) is 2.35. The lowest BCUT2D eigenvalue weighted by molar-refractivity contribution is 0.0702. The van der Waals surface area contributed by atoms with E-state index in [-0.39, 0.29) is 19.1 Å². The van der Waals surface area contributed by atoms with Crippen LogP contribution >= 0.6 is 11.6 Å². The molecule has 0 spiro atoms. The van der Waals surface area contributed by atoms with Gasteiger partial charge >= 0.3 is 0 Å². The molecule has 0 saturated heterocycles. The number of aromatic nitrogens is 2. The summed E-state index contributed by atoms with van der Waals surface area (Å²) in [6, 6.07) is 5.10. The Labute approximate surface area is 134 Å². The molecule has 0 atom stereocenters. The van der Waals surface area contributed by atoms with Gasteiger partial charge in [0.25, 0.3) is 5.91 Å². The van der Waals surface area contributed by atoms with Gasteiger partial charge in [-0.2, -0.15) is 0 Å². The van der Waals surface area contributed by atoms with E-state index >= 15 is 0 Å². The van der Waals surface area contributed by atoms with Gasteiger partial charge in [-0.25, -0.2) is 4.98 Å². The van der Waals surface area contributed by atoms with Crippen LogP contribution in [0.2, 0.25) is 5.02 Å². The predicted octanol–water partition coefficient (Wildman–Crippen LogP) is 1.75. The zero-order valence-corrected chi connectivity index (χ0v) is 13.3. The van der Waals surface area contributed by atoms with Gasteiger partial charge in [-0.1, -0.05) is 11.6 Å². The number of hydrogen-bond donors (Lipinski definition) is 2. The van der Waals surface area contributed by atoms with Crippen LogP contribution in [0.25, 0.3) is 0 Å². The lowest BCUT2D eigenvalue weighted by Crippen LogP contribution is -2.34. The number of carbonyl (C=O) groups excluding carboxylic acids is 1. The SMILES string of the molecule is CNc1ccc(Cl)cc1C(=O)N(CCO)Cc1nccn1C. The van der Waals surface area contributed by atoms with E-state index in [0.717, 1.165) is 5.82 Å². The molecule has 0 unspecified atom stereocenters. The van der Waals surface area contributed by atoms with Gasteiger partial charge in [0, 0.05) is 43.7 Å². The van der Waals surface area contributed by atoms with Crippen LogP contribution in [0.3, 0.4) is 0 Å². The summed E-state index contributed by atoms with van der Waals surface area (Å²) < 4.78 is 1.84. The molecular formula is C15H19ClN4O2. The molecule has 1 heterocycles. The zero-order valence-electron chi connectivity index (χ0n) is 12.6. The fourth-order valence-electron chi connectivity index (χ4n) is 2.17. The number of rotatable bonds is 6. The summed E-state index contributed by atoms with van der Waals surface area (Å²) >= 11 is 6.00. The molecular weight excluding hydrogens is 304 g/mol. The van der Waals surface area contributed by atoms with Gasteiger partial charge in [0.15, 0.2) is 0 Å². The van der Waals surface area contributed by atoms with E-state index < -0.39 is 0 Å². The Morgan fingerprint density at radius 3 is 2.86 bits per heavy atom. The van der Waals surface area contributed by atoms with E-state index in [4.69, 9.17) is 11.6 Å². The van der Waals surface area contributed by atoms with Crippen LogP contribution in [0.1, 0.15) is 16.2 Å². The quantitative estimate of drug-likeness (QED) is 0.850. The average Bonchev–Trinajstić information content (AvgIpc) is 2.91. The number of anilines is 1. The van der Waals surface area contributed by atoms with Crippen molar-refractivity contribution >= 4 is 23.2 Å². The molecule has 7 heteroatoms. The summed E-state index contributed by atoms with van der Waals surface area (Å²) in [4.78, 5) is 18.6. The monoisotopic (exact) mass is 322 g/mol. The molecule has 0 fully saturated rings. The molecule has 0 radical (unpaired) electrons. The molecule has 0 aliphatic rings. The second kappa shape index (κ2) is 7.29. The first-order valence-corrected chi connectivity index (χ1v) is 7.28. The molecule has 1 aromatic carbocycles. The molecule has 0 aliphatic heterocycles. The fraction of sp³-hybridized carbons (Fsp3) is 0.333. The van der Waals surface area contributed by atoms with E-state index in [0.29, 0.717) is 22.8 Å². The zero-order chi connectivity index (χ0) is 16.1. The van der Waals surface area contributed by atoms with E-state index in [1.165, 1.54) is 0 Å². The first-order valence-electron chi connectivity index (χ1n) is 6.90. The molecule has 0 aliphatic carbocycles. The van der Waals surface area contributed by atoms with E-state index in [2.05, 4.69) is 10.3 Å². The van der Waals surface area contributed by atoms with Crippen molar-refractivity contribution in [3.05, 3.63) is 47.0 Å². The van der Waals surface area contributed by atoms with Crippen LogP contribution in [-0.4, -0.2) is 45.7 Å². The minimum Gasteiger partial charge on any atom is -0.395 e. The molecule has 2 N–H and O–H groups in total. The Kier molecular flexibility index (Phi) is 5.41. The van der Waals surface area contributed by atoms with Gasteiger partial charge in [-0.05, 0) is 18.2 Å². The smallest absolute Gasteiger partial charge is 0.256 e. The van der Waals surface area contributed by atoms with Crippen LogP contribution in [0, 0.1) is 0 Å². The van der Waals surface area contributed by atoms with Gasteiger partial charge in [-0.15, -0.1) is 0 Å². The molecule has 1 aromatic heterocycles. The minimum atomic E-state index is -0.205. The van der Waals surface area contributed by atoms with E-state index in [9.17, 15) is 9.90 Å². The number of nitrogens with one attached hydrogen (secondary N) is 1. The van der Waals surface area contributed by atoms with Crippen molar-refractivity contribution in [1.82, 2.24) is 14.5 Å². The molecule has 2 aromatic rings. The summed E-state index contributed by atoms with van der Waals surface area (Å²) in [5.41, 5.74) is 1.16. The Hall–Kier alpha value is -2.05. The third-order valence-electron chi connectivity index (χ3n) is 3.39. The lowest BCUT2D eigenvalue weighted by atomic mass is 10.1. The molecule has 0 saturated carbocycles. The van der Waals surface area contributed by atoms with Gasteiger partial charge in [-0.3, -0.25) is 4.79 Å². The summed E-state index contributed by atoms with van der Waals surface area (Å²) in [5.74, 6) is 0.540. The van der Waals surface area contributed by atoms with Gasteiger partial charge in [0.1, 0.15) is 5.82 Å². The highest BCUT2D eigenvalue weighted by atomic mass is 35.5. The maximum absolute atomic E-state index is 12.8. The number of amides is 1. The Bertz CT molecular complexity index is 657. The number of imidazole rings is 1. The van der Waals surface area contributed by atoms with Crippen LogP contribution in [0.15, 0.2) is 30.6 Å². The second-order valence-electron chi connectivity index (χ2n) is 4.84. The number of carbonyl (C=O) groups is 1. The molecule has 118 valence electrons. The number of aryl methyl sites for hydroxylation is 1. The number of aliphatic hydroxyl groups excluding tert-OH is 1. The molecule has 1 amide bonds. The number of nitrogens with zero attached hydrogens (tertiary/aromatic N) is 3. The highest BCUT2D eigenvalue weighted by molar-refractivity contribution is 6.31. The topological polar surface area (TPSA) is 70.4 Å². The Morgan fingerprint density at radius 2 is 2.27 bits per heavy atom. The molecule has 6 nitrogen and oxygen atoms in total. The van der Waals surface area contributed by atoms with Crippen LogP contribution in [-0.2, 0) is 13.6 Å². The van der Waals surface area contributed by atoms with Crippen molar-refractivity contribution in [3.63, 3.8) is 0 Å². The third-order valence-corrected chi connectivity index (χ3v) is 3.63. The maximum atomic E-state index is 12.8. The minimum absolute atomic E-state index is 0.119. The Balaban J connectivity index is 2.30. The second-order valence-corrected chi connectivity index (χ2v) is 5.28. The van der Waals surface area contributed by atoms with Crippen molar-refractivity contribution in [1.29, 1.82) is 0 Å². The lowest BCUT2D eigenvalue weighted by Gasteiger charge is -2.23. The standard InChI is InChI=1S/C15H19ClN4O2/c1-17-13-4-3-11(16)9-12(13)15(22)20(7-8-21)10-14-18-5-6-19(14)2/h3-6,9,17,21H,7-8,10H2,1-2H3. The number of halogens is 1. The van der Waals surface area contributed by atoms with Crippen LogP contribution in [0.4, 0.5) is 5.69 Å². The van der Waals surface area contributed by atoms with Crippen LogP contribution < -0.4 is 5.32 Å². The number of benzene rings is 1. The Morgan fingerprint density at radius 1 is 1.50 bits per heavy atom. The first kappa shape index (κ1) is 16.3. The van der Waals surface area contributed by atoms with Crippen molar-refractivity contribution in [2.45, 2.75) is 6.54 Å². The summed E-state index contributed by atoms with van der Waals surface area (Å²) in [6.07, 6.45) is 3.49. The maximum Gasteiger partial charge on any atom is 0.256 e. The number of aliphatic hydroxyl groups is 1. The normalized spacial score (nSPS) is 10.5. The van der Waals surface area contributed by atoms with Crippen LogP contribution in [0.5, 0.6) is 0 Å². The van der Waals surface area contributed by atoms with Crippen molar-refractivity contribution in [2.24, 2.45) is 7.05 Å². The highest BCUT2D eigenvalue weighted by Gasteiger charge is 2.20. The summed E-state index contributed by atoms with van der Waals surface area (Å²) in [7, 11) is 3.61. The summed E-state index contributed by atoms with van der Waals surface area (Å²) in [6.45, 7) is 0.422. The third kappa shape index (κ3) is 3.58. The van der Waals surface area contributed by atoms with Gasteiger partial charge in [0.2, 0.25) is 0 Å². The molecule has 0 bridgehead atoms.